The minimum absolute atomic E-state index is 0.212. The molecule has 19 heavy (non-hydrogen) atoms. The molecule has 0 fully saturated rings. The van der Waals surface area contributed by atoms with Gasteiger partial charge in [-0.25, -0.2) is 0 Å². The number of rotatable bonds is 1. The highest BCUT2D eigenvalue weighted by molar-refractivity contribution is 6.35. The van der Waals surface area contributed by atoms with Gasteiger partial charge in [0.2, 0.25) is 0 Å². The number of hydrogen-bond acceptors (Lipinski definition) is 1. The van der Waals surface area contributed by atoms with Gasteiger partial charge in [0.15, 0.2) is 0 Å². The van der Waals surface area contributed by atoms with Crippen LogP contribution in [0.5, 0.6) is 5.75 Å². The van der Waals surface area contributed by atoms with Crippen molar-refractivity contribution in [2.75, 3.05) is 0 Å². The van der Waals surface area contributed by atoms with E-state index in [0.717, 1.165) is 11.1 Å². The Morgan fingerprint density at radius 3 is 2.05 bits per heavy atom. The standard InChI is InChI=1S/C12H8Cl2O.2C2H6/c13-9-4-5-12(14)11(7-9)8-2-1-3-10(15)6-8;2*1-2/h1-7,15H;2*1-2H3. The van der Waals surface area contributed by atoms with E-state index in [9.17, 15) is 5.11 Å². The van der Waals surface area contributed by atoms with Gasteiger partial charge in [-0.15, -0.1) is 0 Å². The first kappa shape index (κ1) is 17.8. The van der Waals surface area contributed by atoms with Crippen LogP contribution in [0.1, 0.15) is 27.7 Å². The topological polar surface area (TPSA) is 20.2 Å². The Labute approximate surface area is 125 Å². The van der Waals surface area contributed by atoms with Gasteiger partial charge in [-0.2, -0.15) is 0 Å². The van der Waals surface area contributed by atoms with Crippen LogP contribution in [-0.2, 0) is 0 Å². The number of phenolic OH excluding ortho intramolecular Hbond substituents is 1. The summed E-state index contributed by atoms with van der Waals surface area (Å²) in [4.78, 5) is 0. The fourth-order valence-electron chi connectivity index (χ4n) is 1.39. The molecule has 0 aliphatic heterocycles. The zero-order valence-electron chi connectivity index (χ0n) is 11.7. The molecule has 0 amide bonds. The lowest BCUT2D eigenvalue weighted by Crippen LogP contribution is -1.79. The van der Waals surface area contributed by atoms with E-state index in [1.807, 2.05) is 33.8 Å². The lowest BCUT2D eigenvalue weighted by Gasteiger charge is -2.05. The molecule has 0 radical (unpaired) electrons. The van der Waals surface area contributed by atoms with Crippen molar-refractivity contribution in [1.82, 2.24) is 0 Å². The zero-order chi connectivity index (χ0) is 14.8. The van der Waals surface area contributed by atoms with Gasteiger partial charge >= 0.3 is 0 Å². The molecule has 0 aliphatic carbocycles. The van der Waals surface area contributed by atoms with Gasteiger partial charge < -0.3 is 5.11 Å². The second kappa shape index (κ2) is 9.71. The van der Waals surface area contributed by atoms with Gasteiger partial charge in [-0.3, -0.25) is 0 Å². The predicted molar refractivity (Wildman–Crippen MR) is 86.3 cm³/mol. The molecule has 0 saturated carbocycles. The first-order chi connectivity index (χ1) is 9.16. The summed E-state index contributed by atoms with van der Waals surface area (Å²) >= 11 is 11.9. The summed E-state index contributed by atoms with van der Waals surface area (Å²) in [6.07, 6.45) is 0. The number of phenols is 1. The monoisotopic (exact) mass is 298 g/mol. The maximum Gasteiger partial charge on any atom is 0.116 e. The molecule has 0 saturated heterocycles. The average Bonchev–Trinajstić information content (AvgIpc) is 2.46. The summed E-state index contributed by atoms with van der Waals surface area (Å²) in [5.74, 6) is 0.212. The van der Waals surface area contributed by atoms with E-state index < -0.39 is 0 Å². The Kier molecular flexibility index (Phi) is 9.11. The maximum atomic E-state index is 9.36. The Hall–Kier alpha value is -1.18. The van der Waals surface area contributed by atoms with Gasteiger partial charge in [0.1, 0.15) is 5.75 Å². The quantitative estimate of drug-likeness (QED) is 0.644. The minimum atomic E-state index is 0.212. The first-order valence-electron chi connectivity index (χ1n) is 6.41. The molecule has 0 atom stereocenters. The van der Waals surface area contributed by atoms with Crippen LogP contribution in [0.25, 0.3) is 11.1 Å². The molecule has 2 rings (SSSR count). The lowest BCUT2D eigenvalue weighted by atomic mass is 10.1. The summed E-state index contributed by atoms with van der Waals surface area (Å²) in [7, 11) is 0. The smallest absolute Gasteiger partial charge is 0.116 e. The van der Waals surface area contributed by atoms with Crippen molar-refractivity contribution < 1.29 is 5.11 Å². The highest BCUT2D eigenvalue weighted by Crippen LogP contribution is 2.31. The molecule has 104 valence electrons. The van der Waals surface area contributed by atoms with Crippen molar-refractivity contribution in [3.8, 4) is 16.9 Å². The predicted octanol–water partition coefficient (Wildman–Crippen LogP) is 6.42. The van der Waals surface area contributed by atoms with Crippen molar-refractivity contribution in [1.29, 1.82) is 0 Å². The zero-order valence-corrected chi connectivity index (χ0v) is 13.3. The molecule has 0 aromatic heterocycles. The second-order valence-electron chi connectivity index (χ2n) is 3.17. The van der Waals surface area contributed by atoms with Gasteiger partial charge in [0, 0.05) is 15.6 Å². The van der Waals surface area contributed by atoms with E-state index in [4.69, 9.17) is 23.2 Å². The molecule has 1 N–H and O–H groups in total. The van der Waals surface area contributed by atoms with Crippen LogP contribution in [0.3, 0.4) is 0 Å². The second-order valence-corrected chi connectivity index (χ2v) is 4.02. The molecular weight excluding hydrogens is 279 g/mol. The molecular formula is C16H20Cl2O. The molecule has 3 heteroatoms. The van der Waals surface area contributed by atoms with E-state index in [2.05, 4.69) is 0 Å². The Morgan fingerprint density at radius 1 is 0.842 bits per heavy atom. The van der Waals surface area contributed by atoms with Crippen molar-refractivity contribution in [3.05, 3.63) is 52.5 Å². The average molecular weight is 299 g/mol. The Bertz CT molecular complexity index is 496. The highest BCUT2D eigenvalue weighted by atomic mass is 35.5. The molecule has 0 heterocycles. The van der Waals surface area contributed by atoms with Crippen molar-refractivity contribution >= 4 is 23.2 Å². The minimum Gasteiger partial charge on any atom is -0.508 e. The van der Waals surface area contributed by atoms with E-state index in [1.165, 1.54) is 0 Å². The van der Waals surface area contributed by atoms with E-state index in [0.29, 0.717) is 10.0 Å². The maximum absolute atomic E-state index is 9.36. The van der Waals surface area contributed by atoms with E-state index in [1.54, 1.807) is 36.4 Å². The number of halogens is 2. The van der Waals surface area contributed by atoms with Crippen LogP contribution in [0.2, 0.25) is 10.0 Å². The largest absolute Gasteiger partial charge is 0.508 e. The molecule has 0 unspecified atom stereocenters. The fourth-order valence-corrected chi connectivity index (χ4v) is 1.79. The van der Waals surface area contributed by atoms with Gasteiger partial charge in [0.25, 0.3) is 0 Å². The Balaban J connectivity index is 0.000000741. The van der Waals surface area contributed by atoms with Crippen LogP contribution in [0.15, 0.2) is 42.5 Å². The molecule has 0 spiro atoms. The Morgan fingerprint density at radius 2 is 1.47 bits per heavy atom. The summed E-state index contributed by atoms with van der Waals surface area (Å²) in [6, 6.07) is 12.1. The van der Waals surface area contributed by atoms with Crippen LogP contribution < -0.4 is 0 Å². The van der Waals surface area contributed by atoms with Gasteiger partial charge in [0.05, 0.1) is 0 Å². The molecule has 2 aromatic rings. The summed E-state index contributed by atoms with van der Waals surface area (Å²) in [5.41, 5.74) is 1.67. The third-order valence-corrected chi connectivity index (χ3v) is 2.65. The number of aromatic hydroxyl groups is 1. The first-order valence-corrected chi connectivity index (χ1v) is 7.17. The number of benzene rings is 2. The third kappa shape index (κ3) is 5.54. The third-order valence-electron chi connectivity index (χ3n) is 2.09. The van der Waals surface area contributed by atoms with Crippen LogP contribution in [-0.4, -0.2) is 5.11 Å². The van der Waals surface area contributed by atoms with Crippen molar-refractivity contribution in [2.45, 2.75) is 27.7 Å². The van der Waals surface area contributed by atoms with Crippen molar-refractivity contribution in [3.63, 3.8) is 0 Å². The van der Waals surface area contributed by atoms with Crippen LogP contribution >= 0.6 is 23.2 Å². The summed E-state index contributed by atoms with van der Waals surface area (Å²) < 4.78 is 0. The molecule has 0 bridgehead atoms. The molecule has 0 aliphatic rings. The van der Waals surface area contributed by atoms with Crippen LogP contribution in [0.4, 0.5) is 0 Å². The molecule has 1 nitrogen and oxygen atoms in total. The molecule has 2 aromatic carbocycles. The van der Waals surface area contributed by atoms with Gasteiger partial charge in [-0.1, -0.05) is 63.0 Å². The van der Waals surface area contributed by atoms with E-state index >= 15 is 0 Å². The lowest BCUT2D eigenvalue weighted by molar-refractivity contribution is 0.475. The van der Waals surface area contributed by atoms with Gasteiger partial charge in [-0.05, 0) is 35.9 Å². The van der Waals surface area contributed by atoms with Crippen molar-refractivity contribution in [2.24, 2.45) is 0 Å². The summed E-state index contributed by atoms with van der Waals surface area (Å²) in [5, 5.41) is 10.6. The van der Waals surface area contributed by atoms with Crippen LogP contribution in [0, 0.1) is 0 Å². The summed E-state index contributed by atoms with van der Waals surface area (Å²) in [6.45, 7) is 8.00. The number of hydrogen-bond donors (Lipinski definition) is 1. The SMILES string of the molecule is CC.CC.Oc1cccc(-c2cc(Cl)ccc2Cl)c1. The highest BCUT2D eigenvalue weighted by Gasteiger charge is 2.04. The van der Waals surface area contributed by atoms with E-state index in [-0.39, 0.29) is 5.75 Å². The fraction of sp³-hybridized carbons (Fsp3) is 0.250. The normalized spacial score (nSPS) is 8.74.